The molecule has 51 heavy (non-hydrogen) atoms. The second-order valence-corrected chi connectivity index (χ2v) is 28.3. The van der Waals surface area contributed by atoms with E-state index in [4.69, 9.17) is 0 Å². The van der Waals surface area contributed by atoms with Crippen LogP contribution in [-0.2, 0) is 20.3 Å². The molecule has 0 bridgehead atoms. The number of allylic oxidation sites excluding steroid dienone is 2. The van der Waals surface area contributed by atoms with Crippen molar-refractivity contribution < 1.29 is 45.1 Å². The van der Waals surface area contributed by atoms with Crippen molar-refractivity contribution in [1.29, 1.82) is 0 Å². The predicted molar refractivity (Wildman–Crippen MR) is 209 cm³/mol. The van der Waals surface area contributed by atoms with Gasteiger partial charge in [-0.3, -0.25) is 0 Å². The van der Waals surface area contributed by atoms with Gasteiger partial charge in [-0.1, -0.05) is 0 Å². The number of rotatable bonds is 4. The molecular formula is C48H46Cl2Zr. The number of hydrogen-bond acceptors (Lipinski definition) is 0. The minimum atomic E-state index is -2.99. The summed E-state index contributed by atoms with van der Waals surface area (Å²) in [5.74, 6) is 0. The van der Waals surface area contributed by atoms with E-state index in [9.17, 15) is 0 Å². The molecule has 0 spiro atoms. The maximum absolute atomic E-state index is 2.99. The standard InChI is InChI=1S/2C23H21.C2H4.2ClH.Zr/c2*1-23(2,3)18-14-17-10-7-13-21(22(17)15-18)20-12-6-9-16-8-4-5-11-19(16)20;1-2;;;/h2*4-15H,1-3H3;1-2H2;2*1H;/q;;;;;+2/p-2. The Morgan fingerprint density at radius 3 is 1.18 bits per heavy atom. The minimum absolute atomic E-state index is 0. The normalized spacial score (nSPS) is 18.1. The zero-order valence-corrected chi connectivity index (χ0v) is 34.5. The van der Waals surface area contributed by atoms with Crippen LogP contribution in [0.25, 0.3) is 56.0 Å². The second kappa shape index (κ2) is 13.0. The molecule has 0 saturated carbocycles. The van der Waals surface area contributed by atoms with Crippen molar-refractivity contribution in [1.82, 2.24) is 0 Å². The Kier molecular flexibility index (Phi) is 9.23. The number of halogens is 2. The van der Waals surface area contributed by atoms with E-state index in [2.05, 4.69) is 175 Å². The summed E-state index contributed by atoms with van der Waals surface area (Å²) in [5.41, 5.74) is 15.3. The first-order valence-corrected chi connectivity index (χ1v) is 24.5. The average molecular weight is 785 g/mol. The van der Waals surface area contributed by atoms with Crippen LogP contribution in [0.3, 0.4) is 0 Å². The third-order valence-corrected chi connectivity index (χ3v) is 24.8. The van der Waals surface area contributed by atoms with E-state index < -0.39 is 20.3 Å². The Morgan fingerprint density at radius 1 is 0.431 bits per heavy atom. The van der Waals surface area contributed by atoms with E-state index in [1.165, 1.54) is 63.2 Å². The van der Waals surface area contributed by atoms with Crippen molar-refractivity contribution in [2.45, 2.75) is 57.1 Å². The van der Waals surface area contributed by atoms with Gasteiger partial charge in [0, 0.05) is 0 Å². The van der Waals surface area contributed by atoms with E-state index in [1.807, 2.05) is 0 Å². The largest absolute Gasteiger partial charge is 1.00 e. The zero-order valence-electron chi connectivity index (χ0n) is 30.5. The molecule has 9 rings (SSSR count). The molecule has 1 aliphatic heterocycles. The van der Waals surface area contributed by atoms with Crippen LogP contribution in [0.5, 0.6) is 0 Å². The first-order valence-electron chi connectivity index (χ1n) is 18.2. The fraction of sp³-hybridized carbons (Fsp3) is 0.250. The molecule has 0 radical (unpaired) electrons. The van der Waals surface area contributed by atoms with Crippen LogP contribution >= 0.6 is 0 Å². The van der Waals surface area contributed by atoms with Crippen molar-refractivity contribution in [3.05, 3.63) is 155 Å². The molecule has 256 valence electrons. The van der Waals surface area contributed by atoms with Crippen LogP contribution in [0.15, 0.2) is 132 Å². The van der Waals surface area contributed by atoms with E-state index in [0.29, 0.717) is 7.25 Å². The van der Waals surface area contributed by atoms with Gasteiger partial charge in [0.25, 0.3) is 0 Å². The number of hydrogen-bond donors (Lipinski definition) is 0. The van der Waals surface area contributed by atoms with Crippen molar-refractivity contribution in [2.24, 2.45) is 10.8 Å². The van der Waals surface area contributed by atoms with Gasteiger partial charge in [-0.05, 0) is 0 Å². The monoisotopic (exact) mass is 782 g/mol. The molecule has 1 fully saturated rings. The molecule has 3 aliphatic rings. The summed E-state index contributed by atoms with van der Waals surface area (Å²) in [7, 11) is 0. The van der Waals surface area contributed by atoms with E-state index >= 15 is 0 Å². The fourth-order valence-corrected chi connectivity index (χ4v) is 28.1. The fourth-order valence-electron chi connectivity index (χ4n) is 9.62. The van der Waals surface area contributed by atoms with Gasteiger partial charge in [-0.25, -0.2) is 0 Å². The summed E-state index contributed by atoms with van der Waals surface area (Å²) in [6.07, 6.45) is 5.33. The molecule has 0 nitrogen and oxygen atoms in total. The third-order valence-electron chi connectivity index (χ3n) is 12.0. The Bertz CT molecular complexity index is 2200. The summed E-state index contributed by atoms with van der Waals surface area (Å²) < 4.78 is 4.09. The van der Waals surface area contributed by atoms with Crippen molar-refractivity contribution in [3.63, 3.8) is 0 Å². The summed E-state index contributed by atoms with van der Waals surface area (Å²) in [6.45, 7) is 14.8. The van der Waals surface area contributed by atoms with Crippen LogP contribution in [-0.4, -0.2) is 0 Å². The Labute approximate surface area is 321 Å². The Morgan fingerprint density at radius 2 is 0.784 bits per heavy atom. The van der Waals surface area contributed by atoms with Gasteiger partial charge in [0.2, 0.25) is 0 Å². The first kappa shape index (κ1) is 36.2. The van der Waals surface area contributed by atoms with Gasteiger partial charge in [-0.2, -0.15) is 0 Å². The summed E-state index contributed by atoms with van der Waals surface area (Å²) in [5, 5.41) is 5.32. The molecule has 0 N–H and O–H groups in total. The van der Waals surface area contributed by atoms with Gasteiger partial charge in [0.1, 0.15) is 0 Å². The molecule has 0 aromatic heterocycles. The van der Waals surface area contributed by atoms with Gasteiger partial charge in [0.05, 0.1) is 0 Å². The van der Waals surface area contributed by atoms with Gasteiger partial charge in [-0.15, -0.1) is 0 Å². The maximum atomic E-state index is 2.66. The Hall–Kier alpha value is -3.22. The van der Waals surface area contributed by atoms with Crippen LogP contribution in [0.4, 0.5) is 0 Å². The molecule has 3 heteroatoms. The molecule has 6 aromatic rings. The van der Waals surface area contributed by atoms with Crippen LogP contribution in [0.2, 0.25) is 8.26 Å². The molecule has 2 unspecified atom stereocenters. The van der Waals surface area contributed by atoms with E-state index in [-0.39, 0.29) is 35.6 Å². The molecule has 0 amide bonds. The maximum Gasteiger partial charge on any atom is -1.00 e. The van der Waals surface area contributed by atoms with Crippen LogP contribution in [0, 0.1) is 10.8 Å². The zero-order chi connectivity index (χ0) is 33.7. The Balaban J connectivity index is 0.00000203. The number of fused-ring (bicyclic) bond motifs is 4. The van der Waals surface area contributed by atoms with Gasteiger partial charge >= 0.3 is 299 Å². The van der Waals surface area contributed by atoms with Crippen LogP contribution < -0.4 is 24.8 Å². The second-order valence-electron chi connectivity index (χ2n) is 17.0. The third kappa shape index (κ3) is 5.75. The molecule has 6 aromatic carbocycles. The quantitative estimate of drug-likeness (QED) is 0.170. The smallest absolute Gasteiger partial charge is 1.00 e. The van der Waals surface area contributed by atoms with Gasteiger partial charge in [0.15, 0.2) is 0 Å². The topological polar surface area (TPSA) is 0 Å². The predicted octanol–water partition coefficient (Wildman–Crippen LogP) is 8.01. The van der Waals surface area contributed by atoms with Gasteiger partial charge < -0.3 is 24.8 Å². The van der Waals surface area contributed by atoms with E-state index in [0.717, 1.165) is 0 Å². The first-order chi connectivity index (χ1) is 23.6. The summed E-state index contributed by atoms with van der Waals surface area (Å²) >= 11 is -2.99. The molecule has 1 heterocycles. The summed E-state index contributed by atoms with van der Waals surface area (Å²) in [4.78, 5) is 0. The molecular weight excluding hydrogens is 739 g/mol. The summed E-state index contributed by atoms with van der Waals surface area (Å²) in [6, 6.07) is 46.0. The molecule has 1 saturated heterocycles. The van der Waals surface area contributed by atoms with Crippen molar-refractivity contribution in [3.8, 4) is 22.3 Å². The van der Waals surface area contributed by atoms with Crippen molar-refractivity contribution in [2.75, 3.05) is 0 Å². The van der Waals surface area contributed by atoms with Crippen LogP contribution in [0.1, 0.15) is 71.0 Å². The molecule has 2 aliphatic carbocycles. The molecule has 2 atom stereocenters. The number of benzene rings is 6. The van der Waals surface area contributed by atoms with Crippen molar-refractivity contribution >= 4 is 33.7 Å². The van der Waals surface area contributed by atoms with E-state index in [1.54, 1.807) is 22.3 Å². The minimum Gasteiger partial charge on any atom is -1.00 e. The average Bonchev–Trinajstić information content (AvgIpc) is 3.59. The SMILES string of the molecule is CC(C)(C)C1=Cc2c(-c3cccc4ccccc34)cccc2[CH]1[Zr+2]1([CH]2C(C(C)(C)C)=Cc3c(-c4cccc5ccccc45)cccc32)[CH2][CH2]1.[Cl-].[Cl-].